The van der Waals surface area contributed by atoms with Crippen molar-refractivity contribution < 1.29 is 4.74 Å². The molecule has 17 heavy (non-hydrogen) atoms. The molecule has 0 unspecified atom stereocenters. The van der Waals surface area contributed by atoms with Crippen LogP contribution in [0.25, 0.3) is 11.3 Å². The fraction of sp³-hybridized carbons (Fsp3) is 0.231. The van der Waals surface area contributed by atoms with Crippen LogP contribution in [0.15, 0.2) is 30.6 Å². The van der Waals surface area contributed by atoms with Gasteiger partial charge in [0.15, 0.2) is 0 Å². The monoisotopic (exact) mass is 229 g/mol. The molecule has 2 N–H and O–H groups in total. The summed E-state index contributed by atoms with van der Waals surface area (Å²) in [6, 6.07) is 7.76. The van der Waals surface area contributed by atoms with Gasteiger partial charge in [0.2, 0.25) is 0 Å². The van der Waals surface area contributed by atoms with Crippen LogP contribution in [-0.2, 0) is 6.42 Å². The minimum absolute atomic E-state index is 0.549. The normalized spacial score (nSPS) is 10.2. The van der Waals surface area contributed by atoms with Crippen LogP contribution in [0.4, 0.5) is 5.82 Å². The van der Waals surface area contributed by atoms with E-state index in [1.165, 1.54) is 6.33 Å². The molecule has 1 aromatic heterocycles. The quantitative estimate of drug-likeness (QED) is 0.877. The predicted octanol–water partition coefficient (Wildman–Crippen LogP) is 2.30. The molecule has 0 spiro atoms. The Kier molecular flexibility index (Phi) is 3.23. The summed E-state index contributed by atoms with van der Waals surface area (Å²) in [4.78, 5) is 8.32. The zero-order chi connectivity index (χ0) is 12.3. The second-order valence-corrected chi connectivity index (χ2v) is 3.67. The van der Waals surface area contributed by atoms with E-state index in [1.807, 2.05) is 31.2 Å². The van der Waals surface area contributed by atoms with Gasteiger partial charge < -0.3 is 10.5 Å². The SMILES string of the molecule is CCc1c(N)ncnc1-c1ccc(OC)cc1. The van der Waals surface area contributed by atoms with Crippen LogP contribution < -0.4 is 10.5 Å². The Morgan fingerprint density at radius 1 is 1.18 bits per heavy atom. The van der Waals surface area contributed by atoms with E-state index in [0.717, 1.165) is 29.0 Å². The molecular weight excluding hydrogens is 214 g/mol. The molecule has 4 heteroatoms. The van der Waals surface area contributed by atoms with Gasteiger partial charge in [-0.3, -0.25) is 0 Å². The van der Waals surface area contributed by atoms with Crippen LogP contribution >= 0.6 is 0 Å². The number of hydrogen-bond acceptors (Lipinski definition) is 4. The number of aromatic nitrogens is 2. The van der Waals surface area contributed by atoms with Crippen LogP contribution in [0.3, 0.4) is 0 Å². The number of ether oxygens (including phenoxy) is 1. The number of hydrogen-bond donors (Lipinski definition) is 1. The summed E-state index contributed by atoms with van der Waals surface area (Å²) >= 11 is 0. The van der Waals surface area contributed by atoms with E-state index in [1.54, 1.807) is 7.11 Å². The van der Waals surface area contributed by atoms with Crippen molar-refractivity contribution in [2.45, 2.75) is 13.3 Å². The van der Waals surface area contributed by atoms with Crippen molar-refractivity contribution in [3.8, 4) is 17.0 Å². The van der Waals surface area contributed by atoms with Crippen molar-refractivity contribution >= 4 is 5.82 Å². The van der Waals surface area contributed by atoms with Gasteiger partial charge in [0, 0.05) is 11.1 Å². The first-order chi connectivity index (χ1) is 8.26. The lowest BCUT2D eigenvalue weighted by molar-refractivity contribution is 0.415. The first-order valence-electron chi connectivity index (χ1n) is 5.50. The molecule has 0 aliphatic carbocycles. The summed E-state index contributed by atoms with van der Waals surface area (Å²) in [5, 5.41) is 0. The van der Waals surface area contributed by atoms with E-state index in [-0.39, 0.29) is 0 Å². The van der Waals surface area contributed by atoms with Crippen molar-refractivity contribution in [2.75, 3.05) is 12.8 Å². The summed E-state index contributed by atoms with van der Waals surface area (Å²) in [5.74, 6) is 1.38. The van der Waals surface area contributed by atoms with E-state index in [9.17, 15) is 0 Å². The second kappa shape index (κ2) is 4.82. The Labute approximate surface area is 100 Å². The maximum atomic E-state index is 5.85. The lowest BCUT2D eigenvalue weighted by atomic mass is 10.0. The van der Waals surface area contributed by atoms with Gasteiger partial charge in [0.1, 0.15) is 17.9 Å². The molecule has 0 atom stereocenters. The Morgan fingerprint density at radius 3 is 2.47 bits per heavy atom. The number of rotatable bonds is 3. The van der Waals surface area contributed by atoms with Crippen LogP contribution in [0.5, 0.6) is 5.75 Å². The van der Waals surface area contributed by atoms with Gasteiger partial charge in [0.25, 0.3) is 0 Å². The number of benzene rings is 1. The molecule has 0 saturated heterocycles. The summed E-state index contributed by atoms with van der Waals surface area (Å²) in [7, 11) is 1.65. The molecule has 88 valence electrons. The van der Waals surface area contributed by atoms with Crippen LogP contribution in [0.2, 0.25) is 0 Å². The zero-order valence-electron chi connectivity index (χ0n) is 9.97. The zero-order valence-corrected chi connectivity index (χ0v) is 9.97. The second-order valence-electron chi connectivity index (χ2n) is 3.67. The van der Waals surface area contributed by atoms with E-state index in [0.29, 0.717) is 5.82 Å². The molecular formula is C13H15N3O. The highest BCUT2D eigenvalue weighted by molar-refractivity contribution is 5.67. The average molecular weight is 229 g/mol. The van der Waals surface area contributed by atoms with Gasteiger partial charge in [-0.1, -0.05) is 6.92 Å². The highest BCUT2D eigenvalue weighted by Crippen LogP contribution is 2.26. The molecule has 0 amide bonds. The highest BCUT2D eigenvalue weighted by atomic mass is 16.5. The molecule has 0 saturated carbocycles. The molecule has 1 aromatic carbocycles. The molecule has 0 fully saturated rings. The lowest BCUT2D eigenvalue weighted by Gasteiger charge is -2.09. The number of nitrogen functional groups attached to an aromatic ring is 1. The van der Waals surface area contributed by atoms with Crippen molar-refractivity contribution in [2.24, 2.45) is 0 Å². The van der Waals surface area contributed by atoms with E-state index in [2.05, 4.69) is 9.97 Å². The van der Waals surface area contributed by atoms with Crippen molar-refractivity contribution in [3.63, 3.8) is 0 Å². The lowest BCUT2D eigenvalue weighted by Crippen LogP contribution is -2.01. The summed E-state index contributed by atoms with van der Waals surface area (Å²) in [6.45, 7) is 2.04. The van der Waals surface area contributed by atoms with Crippen molar-refractivity contribution in [3.05, 3.63) is 36.2 Å². The first kappa shape index (κ1) is 11.4. The minimum atomic E-state index is 0.549. The Hall–Kier alpha value is -2.10. The van der Waals surface area contributed by atoms with Gasteiger partial charge in [-0.2, -0.15) is 0 Å². The van der Waals surface area contributed by atoms with Crippen LogP contribution in [0.1, 0.15) is 12.5 Å². The van der Waals surface area contributed by atoms with Crippen molar-refractivity contribution in [1.29, 1.82) is 0 Å². The number of methoxy groups -OCH3 is 1. The number of anilines is 1. The summed E-state index contributed by atoms with van der Waals surface area (Å²) < 4.78 is 5.13. The smallest absolute Gasteiger partial charge is 0.130 e. The Morgan fingerprint density at radius 2 is 1.88 bits per heavy atom. The van der Waals surface area contributed by atoms with E-state index < -0.39 is 0 Å². The topological polar surface area (TPSA) is 61.0 Å². The van der Waals surface area contributed by atoms with Crippen LogP contribution in [0, 0.1) is 0 Å². The van der Waals surface area contributed by atoms with E-state index >= 15 is 0 Å². The molecule has 0 aliphatic rings. The maximum absolute atomic E-state index is 5.85. The molecule has 0 aliphatic heterocycles. The molecule has 2 aromatic rings. The average Bonchev–Trinajstić information content (AvgIpc) is 2.38. The molecule has 0 bridgehead atoms. The summed E-state index contributed by atoms with van der Waals surface area (Å²) in [5.41, 5.74) is 8.75. The molecule has 0 radical (unpaired) electrons. The molecule has 4 nitrogen and oxygen atoms in total. The summed E-state index contributed by atoms with van der Waals surface area (Å²) in [6.07, 6.45) is 2.31. The molecule has 1 heterocycles. The molecule has 2 rings (SSSR count). The van der Waals surface area contributed by atoms with Gasteiger partial charge in [-0.15, -0.1) is 0 Å². The fourth-order valence-corrected chi connectivity index (χ4v) is 1.77. The van der Waals surface area contributed by atoms with Gasteiger partial charge >= 0.3 is 0 Å². The minimum Gasteiger partial charge on any atom is -0.497 e. The number of nitrogens with zero attached hydrogens (tertiary/aromatic N) is 2. The van der Waals surface area contributed by atoms with Gasteiger partial charge in [0.05, 0.1) is 12.8 Å². The predicted molar refractivity (Wildman–Crippen MR) is 67.8 cm³/mol. The highest BCUT2D eigenvalue weighted by Gasteiger charge is 2.09. The van der Waals surface area contributed by atoms with Crippen molar-refractivity contribution in [1.82, 2.24) is 9.97 Å². The fourth-order valence-electron chi connectivity index (χ4n) is 1.77. The standard InChI is InChI=1S/C13H15N3O/c1-3-11-12(15-8-16-13(11)14)9-4-6-10(17-2)7-5-9/h4-8H,3H2,1-2H3,(H2,14,15,16). The largest absolute Gasteiger partial charge is 0.497 e. The third-order valence-electron chi connectivity index (χ3n) is 2.70. The number of nitrogens with two attached hydrogens (primary N) is 1. The Bertz CT molecular complexity index is 509. The third kappa shape index (κ3) is 2.20. The van der Waals surface area contributed by atoms with E-state index in [4.69, 9.17) is 10.5 Å². The maximum Gasteiger partial charge on any atom is 0.130 e. The first-order valence-corrected chi connectivity index (χ1v) is 5.50. The van der Waals surface area contributed by atoms with Gasteiger partial charge in [-0.05, 0) is 30.7 Å². The Balaban J connectivity index is 2.48. The van der Waals surface area contributed by atoms with Gasteiger partial charge in [-0.25, -0.2) is 9.97 Å². The third-order valence-corrected chi connectivity index (χ3v) is 2.70. The van der Waals surface area contributed by atoms with Crippen LogP contribution in [-0.4, -0.2) is 17.1 Å².